The summed E-state index contributed by atoms with van der Waals surface area (Å²) in [6, 6.07) is 18.1. The van der Waals surface area contributed by atoms with E-state index in [1.165, 1.54) is 0 Å². The van der Waals surface area contributed by atoms with E-state index in [-0.39, 0.29) is 5.78 Å². The smallest absolute Gasteiger partial charge is 0.184 e. The summed E-state index contributed by atoms with van der Waals surface area (Å²) in [6.07, 6.45) is 1.72. The minimum atomic E-state index is -0.641. The van der Waals surface area contributed by atoms with Crippen LogP contribution in [0.25, 0.3) is 10.9 Å². The Hall–Kier alpha value is -2.52. The van der Waals surface area contributed by atoms with Crippen molar-refractivity contribution < 1.29 is 4.79 Å². The highest BCUT2D eigenvalue weighted by molar-refractivity contribution is 6.02. The lowest BCUT2D eigenvalue weighted by Gasteiger charge is -2.11. The third-order valence-electron chi connectivity index (χ3n) is 3.33. The summed E-state index contributed by atoms with van der Waals surface area (Å²) in [6.45, 7) is 0. The minimum absolute atomic E-state index is 0.0937. The second kappa shape index (κ2) is 5.23. The quantitative estimate of drug-likeness (QED) is 0.738. The fraction of sp³-hybridized carbons (Fsp3) is 0.0588. The number of carbonyl (C=O) groups excluding carboxylic acids is 1. The summed E-state index contributed by atoms with van der Waals surface area (Å²) in [5.41, 5.74) is 8.26. The number of hydrogen-bond acceptors (Lipinski definition) is 3. The van der Waals surface area contributed by atoms with Crippen LogP contribution in [0, 0.1) is 0 Å². The molecule has 0 aliphatic rings. The number of Topliss-reactive ketones (excluding diaryl/α,β-unsaturated/α-hetero) is 1. The van der Waals surface area contributed by atoms with E-state index >= 15 is 0 Å². The first-order valence-electron chi connectivity index (χ1n) is 6.45. The molecule has 1 heterocycles. The van der Waals surface area contributed by atoms with Gasteiger partial charge in [0.2, 0.25) is 0 Å². The van der Waals surface area contributed by atoms with E-state index < -0.39 is 6.04 Å². The normalized spacial score (nSPS) is 12.2. The molecule has 0 aliphatic carbocycles. The zero-order valence-electron chi connectivity index (χ0n) is 10.9. The molecule has 3 aromatic rings. The van der Waals surface area contributed by atoms with Crippen molar-refractivity contribution in [2.45, 2.75) is 6.04 Å². The summed E-state index contributed by atoms with van der Waals surface area (Å²) in [7, 11) is 0. The number of fused-ring (bicyclic) bond motifs is 1. The zero-order chi connectivity index (χ0) is 13.9. The Bertz CT molecular complexity index is 753. The van der Waals surface area contributed by atoms with Gasteiger partial charge in [-0.3, -0.25) is 9.78 Å². The van der Waals surface area contributed by atoms with Crippen molar-refractivity contribution in [3.8, 4) is 0 Å². The molecule has 1 atom stereocenters. The molecular weight excluding hydrogens is 248 g/mol. The van der Waals surface area contributed by atoms with E-state index in [1.807, 2.05) is 48.5 Å². The average Bonchev–Trinajstić information content (AvgIpc) is 2.54. The second-order valence-electron chi connectivity index (χ2n) is 4.66. The van der Waals surface area contributed by atoms with Gasteiger partial charge in [-0.2, -0.15) is 0 Å². The van der Waals surface area contributed by atoms with Gasteiger partial charge in [0, 0.05) is 17.1 Å². The monoisotopic (exact) mass is 262 g/mol. The van der Waals surface area contributed by atoms with Crippen molar-refractivity contribution >= 4 is 16.7 Å². The number of pyridine rings is 1. The maximum Gasteiger partial charge on any atom is 0.184 e. The van der Waals surface area contributed by atoms with Gasteiger partial charge in [0.05, 0.1) is 11.6 Å². The molecule has 1 aromatic heterocycles. The van der Waals surface area contributed by atoms with Crippen LogP contribution < -0.4 is 5.73 Å². The summed E-state index contributed by atoms with van der Waals surface area (Å²) in [5, 5.41) is 1.01. The molecule has 2 N–H and O–H groups in total. The van der Waals surface area contributed by atoms with Gasteiger partial charge in [-0.05, 0) is 17.7 Å². The first-order valence-corrected chi connectivity index (χ1v) is 6.45. The summed E-state index contributed by atoms with van der Waals surface area (Å²) in [4.78, 5) is 16.7. The van der Waals surface area contributed by atoms with E-state index in [4.69, 9.17) is 5.73 Å². The number of aromatic nitrogens is 1. The molecule has 0 aliphatic heterocycles. The van der Waals surface area contributed by atoms with Gasteiger partial charge < -0.3 is 5.73 Å². The maximum atomic E-state index is 12.4. The van der Waals surface area contributed by atoms with Crippen LogP contribution >= 0.6 is 0 Å². The van der Waals surface area contributed by atoms with Gasteiger partial charge in [0.1, 0.15) is 0 Å². The van der Waals surface area contributed by atoms with Crippen molar-refractivity contribution in [3.05, 3.63) is 78.0 Å². The number of carbonyl (C=O) groups is 1. The molecule has 3 rings (SSSR count). The van der Waals surface area contributed by atoms with Crippen molar-refractivity contribution in [1.82, 2.24) is 4.98 Å². The Morgan fingerprint density at radius 3 is 2.60 bits per heavy atom. The molecule has 0 unspecified atom stereocenters. The van der Waals surface area contributed by atoms with Gasteiger partial charge in [-0.25, -0.2) is 0 Å². The van der Waals surface area contributed by atoms with Crippen molar-refractivity contribution in [2.24, 2.45) is 5.73 Å². The number of benzene rings is 2. The van der Waals surface area contributed by atoms with E-state index in [9.17, 15) is 4.79 Å². The first-order chi connectivity index (χ1) is 9.75. The van der Waals surface area contributed by atoms with Crippen LogP contribution in [0.1, 0.15) is 22.0 Å². The number of hydrogen-bond donors (Lipinski definition) is 1. The van der Waals surface area contributed by atoms with Crippen LogP contribution in [0.2, 0.25) is 0 Å². The predicted molar refractivity (Wildman–Crippen MR) is 79.4 cm³/mol. The maximum absolute atomic E-state index is 12.4. The molecule has 0 spiro atoms. The Balaban J connectivity index is 1.96. The van der Waals surface area contributed by atoms with E-state index in [1.54, 1.807) is 18.3 Å². The van der Waals surface area contributed by atoms with Crippen LogP contribution in [0.5, 0.6) is 0 Å². The molecular formula is C17H14N2O. The first kappa shape index (κ1) is 12.5. The van der Waals surface area contributed by atoms with Crippen molar-refractivity contribution in [2.75, 3.05) is 0 Å². The molecule has 0 fully saturated rings. The summed E-state index contributed by atoms with van der Waals surface area (Å²) < 4.78 is 0. The lowest BCUT2D eigenvalue weighted by atomic mass is 9.97. The summed E-state index contributed by atoms with van der Waals surface area (Å²) in [5.74, 6) is -0.0937. The van der Waals surface area contributed by atoms with Crippen LogP contribution in [-0.2, 0) is 0 Å². The highest BCUT2D eigenvalue weighted by Crippen LogP contribution is 2.19. The largest absolute Gasteiger partial charge is 0.318 e. The van der Waals surface area contributed by atoms with Crippen LogP contribution in [0.15, 0.2) is 66.9 Å². The number of ketones is 1. The number of nitrogens with two attached hydrogens (primary N) is 1. The lowest BCUT2D eigenvalue weighted by Crippen LogP contribution is -2.21. The molecule has 0 amide bonds. The molecule has 3 heteroatoms. The predicted octanol–water partition coefficient (Wildman–Crippen LogP) is 3.12. The van der Waals surface area contributed by atoms with Gasteiger partial charge in [-0.15, -0.1) is 0 Å². The third kappa shape index (κ3) is 2.31. The molecule has 0 radical (unpaired) electrons. The molecule has 0 saturated heterocycles. The van der Waals surface area contributed by atoms with Gasteiger partial charge in [-0.1, -0.05) is 48.5 Å². The lowest BCUT2D eigenvalue weighted by molar-refractivity contribution is 0.0961. The third-order valence-corrected chi connectivity index (χ3v) is 3.33. The highest BCUT2D eigenvalue weighted by Gasteiger charge is 2.17. The molecule has 0 bridgehead atoms. The number of nitrogens with zero attached hydrogens (tertiary/aromatic N) is 1. The Morgan fingerprint density at radius 2 is 1.80 bits per heavy atom. The second-order valence-corrected chi connectivity index (χ2v) is 4.66. The van der Waals surface area contributed by atoms with Gasteiger partial charge in [0.15, 0.2) is 5.78 Å². The molecule has 20 heavy (non-hydrogen) atoms. The van der Waals surface area contributed by atoms with E-state index in [0.717, 1.165) is 16.5 Å². The topological polar surface area (TPSA) is 56.0 Å². The van der Waals surface area contributed by atoms with E-state index in [2.05, 4.69) is 4.98 Å². The Morgan fingerprint density at radius 1 is 1.00 bits per heavy atom. The molecule has 2 aromatic carbocycles. The van der Waals surface area contributed by atoms with E-state index in [0.29, 0.717) is 5.56 Å². The van der Waals surface area contributed by atoms with Crippen LogP contribution in [0.4, 0.5) is 0 Å². The molecule has 3 nitrogen and oxygen atoms in total. The fourth-order valence-corrected chi connectivity index (χ4v) is 2.21. The minimum Gasteiger partial charge on any atom is -0.318 e. The van der Waals surface area contributed by atoms with Crippen molar-refractivity contribution in [3.63, 3.8) is 0 Å². The number of rotatable bonds is 3. The van der Waals surface area contributed by atoms with Gasteiger partial charge in [0.25, 0.3) is 0 Å². The zero-order valence-corrected chi connectivity index (χ0v) is 10.9. The molecule has 0 saturated carbocycles. The molecule has 98 valence electrons. The highest BCUT2D eigenvalue weighted by atomic mass is 16.1. The average molecular weight is 262 g/mol. The standard InChI is InChI=1S/C17H14N2O/c18-16(13-5-2-1-3-6-13)17(20)14-9-8-12-7-4-10-19-15(12)11-14/h1-11,16H,18H2/t16-/m1/s1. The van der Waals surface area contributed by atoms with Crippen molar-refractivity contribution in [1.29, 1.82) is 0 Å². The Labute approximate surface area is 117 Å². The summed E-state index contributed by atoms with van der Waals surface area (Å²) >= 11 is 0. The van der Waals surface area contributed by atoms with Crippen LogP contribution in [-0.4, -0.2) is 10.8 Å². The van der Waals surface area contributed by atoms with Gasteiger partial charge >= 0.3 is 0 Å². The van der Waals surface area contributed by atoms with Crippen LogP contribution in [0.3, 0.4) is 0 Å². The Kier molecular flexibility index (Phi) is 3.27. The SMILES string of the molecule is N[C@@H](C(=O)c1ccc2cccnc2c1)c1ccccc1. The fourth-order valence-electron chi connectivity index (χ4n) is 2.21.